The predicted molar refractivity (Wildman–Crippen MR) is 102 cm³/mol. The summed E-state index contributed by atoms with van der Waals surface area (Å²) in [7, 11) is -3.53. The fraction of sp³-hybridized carbons (Fsp3) is 0.500. The molecule has 1 heterocycles. The molecule has 1 aromatic carbocycles. The highest BCUT2D eigenvalue weighted by Crippen LogP contribution is 2.22. The van der Waals surface area contributed by atoms with Crippen LogP contribution in [-0.4, -0.2) is 55.1 Å². The molecule has 0 radical (unpaired) electrons. The summed E-state index contributed by atoms with van der Waals surface area (Å²) in [5.41, 5.74) is 0.864. The zero-order chi connectivity index (χ0) is 20.7. The van der Waals surface area contributed by atoms with E-state index in [9.17, 15) is 22.8 Å². The molecular weight excluding hydrogens is 386 g/mol. The Balaban J connectivity index is 1.84. The Bertz CT molecular complexity index is 812. The van der Waals surface area contributed by atoms with Crippen LogP contribution in [-0.2, 0) is 30.9 Å². The summed E-state index contributed by atoms with van der Waals surface area (Å²) < 4.78 is 30.3. The van der Waals surface area contributed by atoms with Crippen molar-refractivity contribution in [2.24, 2.45) is 0 Å². The molecule has 154 valence electrons. The van der Waals surface area contributed by atoms with Crippen LogP contribution in [0.4, 0.5) is 4.79 Å². The van der Waals surface area contributed by atoms with E-state index < -0.39 is 40.1 Å². The Morgan fingerprint density at radius 1 is 1.25 bits per heavy atom. The van der Waals surface area contributed by atoms with Crippen molar-refractivity contribution in [3.63, 3.8) is 0 Å². The van der Waals surface area contributed by atoms with E-state index in [1.165, 1.54) is 13.8 Å². The molecule has 2 unspecified atom stereocenters. The smallest absolute Gasteiger partial charge is 0.325 e. The van der Waals surface area contributed by atoms with E-state index in [4.69, 9.17) is 4.74 Å². The van der Waals surface area contributed by atoms with E-state index in [0.717, 1.165) is 9.87 Å². The van der Waals surface area contributed by atoms with Crippen LogP contribution >= 0.6 is 0 Å². The van der Waals surface area contributed by atoms with Gasteiger partial charge >= 0.3 is 12.0 Å². The SMILES string of the molecule is CCS(=O)(=O)N1CCCC1C(=O)OC(C)C(=O)NC(=O)NCc1ccccc1. The number of nitrogens with zero attached hydrogens (tertiary/aromatic N) is 1. The van der Waals surface area contributed by atoms with Crippen molar-refractivity contribution in [3.05, 3.63) is 35.9 Å². The first-order valence-electron chi connectivity index (χ1n) is 9.07. The maximum Gasteiger partial charge on any atom is 0.325 e. The highest BCUT2D eigenvalue weighted by Gasteiger charge is 2.39. The number of benzene rings is 1. The summed E-state index contributed by atoms with van der Waals surface area (Å²) in [5, 5.41) is 4.63. The van der Waals surface area contributed by atoms with E-state index in [2.05, 4.69) is 10.6 Å². The minimum atomic E-state index is -3.53. The van der Waals surface area contributed by atoms with Gasteiger partial charge in [-0.05, 0) is 32.3 Å². The van der Waals surface area contributed by atoms with Crippen LogP contribution in [0.25, 0.3) is 0 Å². The second kappa shape index (κ2) is 9.65. The van der Waals surface area contributed by atoms with Gasteiger partial charge in [0.15, 0.2) is 6.10 Å². The average Bonchev–Trinajstić information content (AvgIpc) is 3.18. The predicted octanol–water partition coefficient (Wildman–Crippen LogP) is 0.758. The number of carbonyl (C=O) groups is 3. The van der Waals surface area contributed by atoms with Crippen LogP contribution < -0.4 is 10.6 Å². The molecule has 0 aliphatic carbocycles. The van der Waals surface area contributed by atoms with Gasteiger partial charge < -0.3 is 10.1 Å². The number of rotatable bonds is 7. The molecule has 1 fully saturated rings. The van der Waals surface area contributed by atoms with Crippen LogP contribution in [0.3, 0.4) is 0 Å². The number of amides is 3. The summed E-state index contributed by atoms with van der Waals surface area (Å²) >= 11 is 0. The summed E-state index contributed by atoms with van der Waals surface area (Å²) in [6.07, 6.45) is -0.354. The Morgan fingerprint density at radius 2 is 1.93 bits per heavy atom. The van der Waals surface area contributed by atoms with E-state index in [1.807, 2.05) is 30.3 Å². The minimum Gasteiger partial charge on any atom is -0.451 e. The molecule has 1 aliphatic heterocycles. The van der Waals surface area contributed by atoms with Crippen molar-refractivity contribution in [3.8, 4) is 0 Å². The van der Waals surface area contributed by atoms with Crippen molar-refractivity contribution >= 4 is 27.9 Å². The van der Waals surface area contributed by atoms with E-state index in [1.54, 1.807) is 0 Å². The van der Waals surface area contributed by atoms with Gasteiger partial charge in [0, 0.05) is 13.1 Å². The highest BCUT2D eigenvalue weighted by atomic mass is 32.2. The van der Waals surface area contributed by atoms with Crippen molar-refractivity contribution in [2.45, 2.75) is 45.4 Å². The lowest BCUT2D eigenvalue weighted by Gasteiger charge is -2.23. The number of hydrogen-bond acceptors (Lipinski definition) is 6. The zero-order valence-corrected chi connectivity index (χ0v) is 16.7. The van der Waals surface area contributed by atoms with Crippen LogP contribution in [0.2, 0.25) is 0 Å². The molecule has 0 bridgehead atoms. The molecule has 2 atom stereocenters. The summed E-state index contributed by atoms with van der Waals surface area (Å²) in [6, 6.07) is 7.49. The quantitative estimate of drug-likeness (QED) is 0.639. The number of imide groups is 1. The molecule has 0 aromatic heterocycles. The lowest BCUT2D eigenvalue weighted by Crippen LogP contribution is -2.47. The van der Waals surface area contributed by atoms with Gasteiger partial charge in [-0.25, -0.2) is 13.2 Å². The molecule has 0 spiro atoms. The first-order valence-corrected chi connectivity index (χ1v) is 10.7. The molecule has 0 saturated carbocycles. The van der Waals surface area contributed by atoms with Gasteiger partial charge in [-0.15, -0.1) is 0 Å². The Hall–Kier alpha value is -2.46. The van der Waals surface area contributed by atoms with E-state index in [0.29, 0.717) is 12.8 Å². The third-order valence-corrected chi connectivity index (χ3v) is 6.27. The molecular formula is C18H25N3O6S. The van der Waals surface area contributed by atoms with Gasteiger partial charge in [0.1, 0.15) is 6.04 Å². The molecule has 1 aromatic rings. The van der Waals surface area contributed by atoms with E-state index >= 15 is 0 Å². The molecule has 1 saturated heterocycles. The van der Waals surface area contributed by atoms with Crippen LogP contribution in [0.15, 0.2) is 30.3 Å². The molecule has 2 rings (SSSR count). The number of ether oxygens (including phenoxy) is 1. The van der Waals surface area contributed by atoms with Gasteiger partial charge in [-0.2, -0.15) is 4.31 Å². The maximum atomic E-state index is 12.3. The van der Waals surface area contributed by atoms with Gasteiger partial charge in [-0.1, -0.05) is 30.3 Å². The topological polar surface area (TPSA) is 122 Å². The minimum absolute atomic E-state index is 0.117. The summed E-state index contributed by atoms with van der Waals surface area (Å²) in [6.45, 7) is 3.31. The molecule has 28 heavy (non-hydrogen) atoms. The first kappa shape index (κ1) is 21.8. The maximum absolute atomic E-state index is 12.3. The normalized spacial score (nSPS) is 18.3. The van der Waals surface area contributed by atoms with Crippen molar-refractivity contribution in [1.82, 2.24) is 14.9 Å². The zero-order valence-electron chi connectivity index (χ0n) is 15.9. The number of carbonyl (C=O) groups excluding carboxylic acids is 3. The second-order valence-electron chi connectivity index (χ2n) is 6.41. The Morgan fingerprint density at radius 3 is 2.57 bits per heavy atom. The van der Waals surface area contributed by atoms with E-state index in [-0.39, 0.29) is 18.8 Å². The fourth-order valence-electron chi connectivity index (χ4n) is 2.82. The summed E-state index contributed by atoms with van der Waals surface area (Å²) in [4.78, 5) is 36.2. The van der Waals surface area contributed by atoms with Crippen LogP contribution in [0.1, 0.15) is 32.3 Å². The fourth-order valence-corrected chi connectivity index (χ4v) is 4.13. The van der Waals surface area contributed by atoms with Crippen molar-refractivity contribution in [2.75, 3.05) is 12.3 Å². The molecule has 9 nitrogen and oxygen atoms in total. The molecule has 1 aliphatic rings. The van der Waals surface area contributed by atoms with Gasteiger partial charge in [-0.3, -0.25) is 14.9 Å². The number of sulfonamides is 1. The molecule has 3 amide bonds. The van der Waals surface area contributed by atoms with Crippen molar-refractivity contribution in [1.29, 1.82) is 0 Å². The number of esters is 1. The van der Waals surface area contributed by atoms with Gasteiger partial charge in [0.2, 0.25) is 10.0 Å². The van der Waals surface area contributed by atoms with Gasteiger partial charge in [0.25, 0.3) is 5.91 Å². The standard InChI is InChI=1S/C18H25N3O6S/c1-3-28(25,26)21-11-7-10-15(21)17(23)27-13(2)16(22)20-18(24)19-12-14-8-5-4-6-9-14/h4-6,8-9,13,15H,3,7,10-12H2,1-2H3,(H2,19,20,22,24). The third-order valence-electron chi connectivity index (χ3n) is 4.39. The Labute approximate surface area is 164 Å². The lowest BCUT2D eigenvalue weighted by atomic mass is 10.2. The number of hydrogen-bond donors (Lipinski definition) is 2. The monoisotopic (exact) mass is 411 g/mol. The number of nitrogens with one attached hydrogen (secondary N) is 2. The lowest BCUT2D eigenvalue weighted by molar-refractivity contribution is -0.157. The molecule has 10 heteroatoms. The molecule has 2 N–H and O–H groups in total. The van der Waals surface area contributed by atoms with Crippen LogP contribution in [0.5, 0.6) is 0 Å². The average molecular weight is 411 g/mol. The Kier molecular flexibility index (Phi) is 7.53. The summed E-state index contributed by atoms with van der Waals surface area (Å²) in [5.74, 6) is -1.70. The highest BCUT2D eigenvalue weighted by molar-refractivity contribution is 7.89. The third kappa shape index (κ3) is 5.77. The largest absolute Gasteiger partial charge is 0.451 e. The second-order valence-corrected chi connectivity index (χ2v) is 8.62. The van der Waals surface area contributed by atoms with Gasteiger partial charge in [0.05, 0.1) is 5.75 Å². The van der Waals surface area contributed by atoms with Crippen molar-refractivity contribution < 1.29 is 27.5 Å². The number of urea groups is 1. The first-order chi connectivity index (χ1) is 13.2. The van der Waals surface area contributed by atoms with Crippen LogP contribution in [0, 0.1) is 0 Å².